The monoisotopic (exact) mass is 626 g/mol. The Bertz CT molecular complexity index is 2830. The van der Waals surface area contributed by atoms with Crippen LogP contribution in [0.25, 0.3) is 71.3 Å². The maximum Gasteiger partial charge on any atom is 0.137 e. The summed E-state index contributed by atoms with van der Waals surface area (Å²) in [6.07, 6.45) is 0. The van der Waals surface area contributed by atoms with E-state index in [0.29, 0.717) is 0 Å². The maximum atomic E-state index is 6.33. The van der Waals surface area contributed by atoms with Gasteiger partial charge in [-0.25, -0.2) is 0 Å². The van der Waals surface area contributed by atoms with E-state index in [0.717, 1.165) is 39.0 Å². The van der Waals surface area contributed by atoms with Crippen LogP contribution in [0.1, 0.15) is 0 Å². The fraction of sp³-hybridized carbons (Fsp3) is 0. The minimum Gasteiger partial charge on any atom is -0.456 e. The van der Waals surface area contributed by atoms with Gasteiger partial charge in [-0.15, -0.1) is 0 Å². The Morgan fingerprint density at radius 2 is 1.00 bits per heavy atom. The highest BCUT2D eigenvalue weighted by molar-refractivity contribution is 6.10. The molecule has 0 unspecified atom stereocenters. The molecule has 0 saturated heterocycles. The number of nitrogens with zero attached hydrogens (tertiary/aromatic N) is 2. The third-order valence-electron chi connectivity index (χ3n) is 9.76. The van der Waals surface area contributed by atoms with Crippen molar-refractivity contribution in [1.29, 1.82) is 0 Å². The molecule has 0 saturated carbocycles. The van der Waals surface area contributed by atoms with Gasteiger partial charge in [-0.05, 0) is 94.7 Å². The SMILES string of the molecule is c1ccc(-n2c3ccccc3c3cc(-c4ccc(N(c5ccc6ccccc6c5)c5ccc6c(c5)oc5ccccc56)cc4)ccc32)cc1. The number of hydrogen-bond acceptors (Lipinski definition) is 2. The topological polar surface area (TPSA) is 21.3 Å². The molecule has 2 aromatic heterocycles. The van der Waals surface area contributed by atoms with E-state index in [2.05, 4.69) is 179 Å². The number of anilines is 3. The predicted molar refractivity (Wildman–Crippen MR) is 206 cm³/mol. The van der Waals surface area contributed by atoms with Crippen LogP contribution in [-0.4, -0.2) is 4.57 Å². The fourth-order valence-electron chi connectivity index (χ4n) is 7.43. The minimum atomic E-state index is 0.879. The molecule has 0 bridgehead atoms. The lowest BCUT2D eigenvalue weighted by atomic mass is 10.0. The summed E-state index contributed by atoms with van der Waals surface area (Å²) in [5.74, 6) is 0. The Balaban J connectivity index is 1.09. The Labute approximate surface area is 283 Å². The third kappa shape index (κ3) is 4.51. The molecular formula is C46H30N2O. The van der Waals surface area contributed by atoms with E-state index in [4.69, 9.17) is 4.42 Å². The van der Waals surface area contributed by atoms with E-state index in [-0.39, 0.29) is 0 Å². The highest BCUT2D eigenvalue weighted by Gasteiger charge is 2.17. The predicted octanol–water partition coefficient (Wildman–Crippen LogP) is 13.0. The van der Waals surface area contributed by atoms with E-state index < -0.39 is 0 Å². The molecule has 10 rings (SSSR count). The Hall–Kier alpha value is -6.58. The first-order valence-electron chi connectivity index (χ1n) is 16.7. The minimum absolute atomic E-state index is 0.879. The molecule has 3 heteroatoms. The van der Waals surface area contributed by atoms with Crippen molar-refractivity contribution in [2.75, 3.05) is 4.90 Å². The van der Waals surface area contributed by atoms with Gasteiger partial charge in [0.25, 0.3) is 0 Å². The summed E-state index contributed by atoms with van der Waals surface area (Å²) in [5, 5.41) is 7.18. The standard InChI is InChI=1S/C46H30N2O/c1-2-12-35(13-3-1)48-43-16-8-6-14-39(43)42-29-34(21-27-44(42)48)32-18-22-36(23-19-32)47(37-24-20-31-10-4-5-11-33(31)28-37)38-25-26-41-40-15-7-9-17-45(40)49-46(41)30-38/h1-30H. The van der Waals surface area contributed by atoms with Crippen LogP contribution in [0.3, 0.4) is 0 Å². The van der Waals surface area contributed by atoms with Crippen LogP contribution in [0, 0.1) is 0 Å². The van der Waals surface area contributed by atoms with Crippen LogP contribution in [0.15, 0.2) is 186 Å². The molecule has 0 amide bonds. The summed E-state index contributed by atoms with van der Waals surface area (Å²) in [4.78, 5) is 2.32. The van der Waals surface area contributed by atoms with Crippen molar-refractivity contribution >= 4 is 71.6 Å². The molecule has 0 spiro atoms. The smallest absolute Gasteiger partial charge is 0.137 e. The van der Waals surface area contributed by atoms with Crippen LogP contribution < -0.4 is 4.90 Å². The van der Waals surface area contributed by atoms with Gasteiger partial charge in [0.2, 0.25) is 0 Å². The molecule has 0 N–H and O–H groups in total. The number of benzene rings is 8. The molecule has 3 nitrogen and oxygen atoms in total. The molecule has 0 atom stereocenters. The second-order valence-electron chi connectivity index (χ2n) is 12.6. The number of rotatable bonds is 5. The van der Waals surface area contributed by atoms with Gasteiger partial charge >= 0.3 is 0 Å². The van der Waals surface area contributed by atoms with Gasteiger partial charge in [0, 0.05) is 50.4 Å². The van der Waals surface area contributed by atoms with E-state index in [9.17, 15) is 0 Å². The average molecular weight is 627 g/mol. The molecule has 8 aromatic carbocycles. The molecule has 2 heterocycles. The van der Waals surface area contributed by atoms with Crippen LogP contribution in [0.5, 0.6) is 0 Å². The van der Waals surface area contributed by atoms with Crippen LogP contribution in [-0.2, 0) is 0 Å². The van der Waals surface area contributed by atoms with Gasteiger partial charge in [-0.3, -0.25) is 0 Å². The van der Waals surface area contributed by atoms with Gasteiger partial charge in [0.15, 0.2) is 0 Å². The molecule has 230 valence electrons. The normalized spacial score (nSPS) is 11.7. The molecule has 0 aliphatic rings. The zero-order valence-electron chi connectivity index (χ0n) is 26.6. The number of para-hydroxylation sites is 3. The van der Waals surface area contributed by atoms with Crippen LogP contribution in [0.4, 0.5) is 17.1 Å². The summed E-state index contributed by atoms with van der Waals surface area (Å²) in [6, 6.07) is 65.0. The van der Waals surface area contributed by atoms with E-state index in [1.807, 2.05) is 12.1 Å². The Kier molecular flexibility index (Phi) is 6.18. The van der Waals surface area contributed by atoms with Gasteiger partial charge in [-0.1, -0.05) is 103 Å². The molecule has 10 aromatic rings. The highest BCUT2D eigenvalue weighted by atomic mass is 16.3. The number of fused-ring (bicyclic) bond motifs is 7. The Morgan fingerprint density at radius 3 is 1.88 bits per heavy atom. The van der Waals surface area contributed by atoms with Gasteiger partial charge < -0.3 is 13.9 Å². The maximum absolute atomic E-state index is 6.33. The lowest BCUT2D eigenvalue weighted by molar-refractivity contribution is 0.669. The van der Waals surface area contributed by atoms with Gasteiger partial charge in [0.05, 0.1) is 11.0 Å². The average Bonchev–Trinajstić information content (AvgIpc) is 3.70. The van der Waals surface area contributed by atoms with Crippen molar-refractivity contribution in [3.05, 3.63) is 182 Å². The number of furan rings is 1. The lowest BCUT2D eigenvalue weighted by Gasteiger charge is -2.26. The molecule has 0 fully saturated rings. The van der Waals surface area contributed by atoms with Crippen LogP contribution >= 0.6 is 0 Å². The van der Waals surface area contributed by atoms with Crippen molar-refractivity contribution in [2.45, 2.75) is 0 Å². The molecule has 0 aliphatic carbocycles. The van der Waals surface area contributed by atoms with Crippen molar-refractivity contribution < 1.29 is 4.42 Å². The van der Waals surface area contributed by atoms with Crippen molar-refractivity contribution in [3.8, 4) is 16.8 Å². The molecule has 0 radical (unpaired) electrons. The number of hydrogen-bond donors (Lipinski definition) is 0. The first-order valence-corrected chi connectivity index (χ1v) is 16.7. The lowest BCUT2D eigenvalue weighted by Crippen LogP contribution is -2.09. The third-order valence-corrected chi connectivity index (χ3v) is 9.76. The Morgan fingerprint density at radius 1 is 0.367 bits per heavy atom. The summed E-state index contributed by atoms with van der Waals surface area (Å²) < 4.78 is 8.69. The van der Waals surface area contributed by atoms with E-state index in [1.165, 1.54) is 49.4 Å². The molecular weight excluding hydrogens is 597 g/mol. The van der Waals surface area contributed by atoms with Crippen molar-refractivity contribution in [2.24, 2.45) is 0 Å². The molecule has 49 heavy (non-hydrogen) atoms. The zero-order chi connectivity index (χ0) is 32.3. The quantitative estimate of drug-likeness (QED) is 0.190. The van der Waals surface area contributed by atoms with Gasteiger partial charge in [0.1, 0.15) is 11.2 Å². The first-order chi connectivity index (χ1) is 24.3. The number of aromatic nitrogens is 1. The summed E-state index contributed by atoms with van der Waals surface area (Å²) in [6.45, 7) is 0. The van der Waals surface area contributed by atoms with E-state index >= 15 is 0 Å². The summed E-state index contributed by atoms with van der Waals surface area (Å²) in [7, 11) is 0. The van der Waals surface area contributed by atoms with E-state index in [1.54, 1.807) is 0 Å². The van der Waals surface area contributed by atoms with Crippen molar-refractivity contribution in [3.63, 3.8) is 0 Å². The first kappa shape index (κ1) is 27.5. The van der Waals surface area contributed by atoms with Gasteiger partial charge in [-0.2, -0.15) is 0 Å². The highest BCUT2D eigenvalue weighted by Crippen LogP contribution is 2.41. The fourth-order valence-corrected chi connectivity index (χ4v) is 7.43. The second kappa shape index (κ2) is 11.0. The zero-order valence-corrected chi connectivity index (χ0v) is 26.6. The second-order valence-corrected chi connectivity index (χ2v) is 12.6. The molecule has 0 aliphatic heterocycles. The largest absolute Gasteiger partial charge is 0.456 e. The van der Waals surface area contributed by atoms with Crippen LogP contribution in [0.2, 0.25) is 0 Å². The van der Waals surface area contributed by atoms with Crippen molar-refractivity contribution in [1.82, 2.24) is 4.57 Å². The summed E-state index contributed by atoms with van der Waals surface area (Å²) in [5.41, 5.74) is 11.0. The summed E-state index contributed by atoms with van der Waals surface area (Å²) >= 11 is 0.